The molecule has 1 saturated heterocycles. The first-order chi connectivity index (χ1) is 14.9. The standard InChI is InChI=1S/C24H28N2O5/c27-19-13-11-17(12-14-19)8-4-10-22(28)26-15-5-9-21(26)23(29)25-20(24(30)31)16-18-6-2-1-3-7-18/h1-3,6-7,11-14,20-21,27H,4-5,8-10,15-16H2,(H,25,29)(H,30,31)/t20-,21+/m1/s1. The number of likely N-dealkylation sites (tertiary alicyclic amines) is 1. The van der Waals surface area contributed by atoms with Crippen molar-refractivity contribution in [1.29, 1.82) is 0 Å². The fraction of sp³-hybridized carbons (Fsp3) is 0.375. The Hall–Kier alpha value is -3.35. The van der Waals surface area contributed by atoms with Crippen molar-refractivity contribution < 1.29 is 24.6 Å². The van der Waals surface area contributed by atoms with Crippen molar-refractivity contribution in [2.75, 3.05) is 6.54 Å². The van der Waals surface area contributed by atoms with Crippen molar-refractivity contribution >= 4 is 17.8 Å². The number of aryl methyl sites for hydroxylation is 1. The van der Waals surface area contributed by atoms with Gasteiger partial charge in [0, 0.05) is 19.4 Å². The number of nitrogens with zero attached hydrogens (tertiary/aromatic N) is 1. The van der Waals surface area contributed by atoms with Crippen LogP contribution in [0.15, 0.2) is 54.6 Å². The van der Waals surface area contributed by atoms with Gasteiger partial charge in [0.2, 0.25) is 11.8 Å². The number of benzene rings is 2. The minimum Gasteiger partial charge on any atom is -0.508 e. The van der Waals surface area contributed by atoms with E-state index in [1.807, 2.05) is 42.5 Å². The van der Waals surface area contributed by atoms with E-state index < -0.39 is 24.0 Å². The van der Waals surface area contributed by atoms with Gasteiger partial charge in [0.15, 0.2) is 0 Å². The van der Waals surface area contributed by atoms with Crippen LogP contribution in [0.3, 0.4) is 0 Å². The molecule has 7 nitrogen and oxygen atoms in total. The molecule has 1 aliphatic heterocycles. The van der Waals surface area contributed by atoms with Gasteiger partial charge in [-0.3, -0.25) is 9.59 Å². The highest BCUT2D eigenvalue weighted by Gasteiger charge is 2.35. The molecule has 0 aromatic heterocycles. The van der Waals surface area contributed by atoms with Gasteiger partial charge in [0.25, 0.3) is 0 Å². The average Bonchev–Trinajstić information content (AvgIpc) is 3.25. The summed E-state index contributed by atoms with van der Waals surface area (Å²) in [6.07, 6.45) is 3.10. The molecule has 164 valence electrons. The highest BCUT2D eigenvalue weighted by molar-refractivity contribution is 5.91. The van der Waals surface area contributed by atoms with Crippen molar-refractivity contribution in [3.63, 3.8) is 0 Å². The second kappa shape index (κ2) is 10.6. The van der Waals surface area contributed by atoms with E-state index in [2.05, 4.69) is 5.32 Å². The van der Waals surface area contributed by atoms with Crippen LogP contribution in [0.1, 0.15) is 36.8 Å². The summed E-state index contributed by atoms with van der Waals surface area (Å²) in [7, 11) is 0. The predicted molar refractivity (Wildman–Crippen MR) is 115 cm³/mol. The third-order valence-corrected chi connectivity index (χ3v) is 5.57. The van der Waals surface area contributed by atoms with Crippen LogP contribution < -0.4 is 5.32 Å². The van der Waals surface area contributed by atoms with Gasteiger partial charge in [-0.05, 0) is 48.9 Å². The smallest absolute Gasteiger partial charge is 0.326 e. The molecule has 0 aliphatic carbocycles. The molecule has 31 heavy (non-hydrogen) atoms. The summed E-state index contributed by atoms with van der Waals surface area (Å²) >= 11 is 0. The summed E-state index contributed by atoms with van der Waals surface area (Å²) in [6, 6.07) is 14.4. The van der Waals surface area contributed by atoms with Crippen LogP contribution >= 0.6 is 0 Å². The lowest BCUT2D eigenvalue weighted by Crippen LogP contribution is -2.51. The Balaban J connectivity index is 1.53. The van der Waals surface area contributed by atoms with Gasteiger partial charge in [-0.2, -0.15) is 0 Å². The summed E-state index contributed by atoms with van der Waals surface area (Å²) in [4.78, 5) is 38.7. The molecule has 1 fully saturated rings. The van der Waals surface area contributed by atoms with Crippen LogP contribution in [0.25, 0.3) is 0 Å². The fourth-order valence-electron chi connectivity index (χ4n) is 3.91. The number of carbonyl (C=O) groups is 3. The molecule has 1 heterocycles. The molecule has 0 saturated carbocycles. The number of hydrogen-bond acceptors (Lipinski definition) is 4. The molecule has 2 aromatic rings. The van der Waals surface area contributed by atoms with E-state index >= 15 is 0 Å². The number of carboxylic acid groups (broad SMARTS) is 1. The van der Waals surface area contributed by atoms with Crippen molar-refractivity contribution in [3.8, 4) is 5.75 Å². The molecular formula is C24H28N2O5. The minimum atomic E-state index is -1.10. The second-order valence-corrected chi connectivity index (χ2v) is 7.85. The molecule has 3 rings (SSSR count). The largest absolute Gasteiger partial charge is 0.508 e. The molecule has 3 N–H and O–H groups in total. The molecular weight excluding hydrogens is 396 g/mol. The minimum absolute atomic E-state index is 0.0913. The van der Waals surface area contributed by atoms with Crippen LogP contribution in [0, 0.1) is 0 Å². The summed E-state index contributed by atoms with van der Waals surface area (Å²) in [5, 5.41) is 21.5. The Morgan fingerprint density at radius 1 is 1.03 bits per heavy atom. The first kappa shape index (κ1) is 22.3. The topological polar surface area (TPSA) is 107 Å². The third kappa shape index (κ3) is 6.31. The predicted octanol–water partition coefficient (Wildman–Crippen LogP) is 2.52. The maximum absolute atomic E-state index is 12.8. The lowest BCUT2D eigenvalue weighted by Gasteiger charge is -2.25. The zero-order valence-corrected chi connectivity index (χ0v) is 17.4. The Labute approximate surface area is 181 Å². The van der Waals surface area contributed by atoms with E-state index in [1.54, 1.807) is 17.0 Å². The maximum Gasteiger partial charge on any atom is 0.326 e. The summed E-state index contributed by atoms with van der Waals surface area (Å²) in [5.41, 5.74) is 1.86. The van der Waals surface area contributed by atoms with Gasteiger partial charge in [-0.15, -0.1) is 0 Å². The van der Waals surface area contributed by atoms with E-state index in [0.717, 1.165) is 17.5 Å². The van der Waals surface area contributed by atoms with Crippen LogP contribution in [0.4, 0.5) is 0 Å². The quantitative estimate of drug-likeness (QED) is 0.573. The highest BCUT2D eigenvalue weighted by Crippen LogP contribution is 2.20. The molecule has 0 radical (unpaired) electrons. The molecule has 7 heteroatoms. The van der Waals surface area contributed by atoms with Crippen LogP contribution in [0.5, 0.6) is 5.75 Å². The SMILES string of the molecule is O=C(O)[C@@H](Cc1ccccc1)NC(=O)[C@@H]1CCCN1C(=O)CCCc1ccc(O)cc1. The number of aromatic hydroxyl groups is 1. The Kier molecular flexibility index (Phi) is 7.65. The van der Waals surface area contributed by atoms with E-state index in [4.69, 9.17) is 0 Å². The van der Waals surface area contributed by atoms with Gasteiger partial charge >= 0.3 is 5.97 Å². The second-order valence-electron chi connectivity index (χ2n) is 7.85. The Morgan fingerprint density at radius 3 is 2.42 bits per heavy atom. The highest BCUT2D eigenvalue weighted by atomic mass is 16.4. The van der Waals surface area contributed by atoms with Crippen molar-refractivity contribution in [3.05, 3.63) is 65.7 Å². The van der Waals surface area contributed by atoms with Crippen LogP contribution in [0.2, 0.25) is 0 Å². The normalized spacial score (nSPS) is 16.6. The molecule has 0 spiro atoms. The molecule has 2 atom stereocenters. The van der Waals surface area contributed by atoms with E-state index in [9.17, 15) is 24.6 Å². The molecule has 1 aliphatic rings. The Bertz CT molecular complexity index is 898. The fourth-order valence-corrected chi connectivity index (χ4v) is 3.91. The first-order valence-corrected chi connectivity index (χ1v) is 10.6. The number of carboxylic acids is 1. The zero-order valence-electron chi connectivity index (χ0n) is 17.4. The van der Waals surface area contributed by atoms with Gasteiger partial charge < -0.3 is 20.4 Å². The van der Waals surface area contributed by atoms with E-state index in [0.29, 0.717) is 32.2 Å². The average molecular weight is 424 g/mol. The van der Waals surface area contributed by atoms with E-state index in [1.165, 1.54) is 0 Å². The number of hydrogen-bond donors (Lipinski definition) is 3. The molecule has 0 bridgehead atoms. The van der Waals surface area contributed by atoms with Gasteiger partial charge in [0.05, 0.1) is 0 Å². The van der Waals surface area contributed by atoms with Crippen molar-refractivity contribution in [2.45, 2.75) is 50.6 Å². The maximum atomic E-state index is 12.8. The summed E-state index contributed by atoms with van der Waals surface area (Å²) in [6.45, 7) is 0.507. The number of phenolic OH excluding ortho intramolecular Hbond substituents is 1. The van der Waals surface area contributed by atoms with Gasteiger partial charge in [-0.1, -0.05) is 42.5 Å². The number of rotatable bonds is 9. The summed E-state index contributed by atoms with van der Waals surface area (Å²) in [5.74, 6) is -1.39. The van der Waals surface area contributed by atoms with Crippen molar-refractivity contribution in [2.24, 2.45) is 0 Å². The lowest BCUT2D eigenvalue weighted by molar-refractivity contribution is -0.143. The van der Waals surface area contributed by atoms with Crippen LogP contribution in [-0.2, 0) is 27.2 Å². The molecule has 0 unspecified atom stereocenters. The first-order valence-electron chi connectivity index (χ1n) is 10.6. The van der Waals surface area contributed by atoms with Gasteiger partial charge in [0.1, 0.15) is 17.8 Å². The Morgan fingerprint density at radius 2 is 1.74 bits per heavy atom. The zero-order chi connectivity index (χ0) is 22.2. The molecule has 2 aromatic carbocycles. The number of amides is 2. The van der Waals surface area contributed by atoms with Crippen LogP contribution in [-0.4, -0.2) is 51.5 Å². The number of phenols is 1. The number of aliphatic carboxylic acids is 1. The third-order valence-electron chi connectivity index (χ3n) is 5.57. The van der Waals surface area contributed by atoms with E-state index in [-0.39, 0.29) is 18.1 Å². The summed E-state index contributed by atoms with van der Waals surface area (Å²) < 4.78 is 0. The lowest BCUT2D eigenvalue weighted by atomic mass is 10.0. The van der Waals surface area contributed by atoms with Gasteiger partial charge in [-0.25, -0.2) is 4.79 Å². The molecule has 2 amide bonds. The number of nitrogens with one attached hydrogen (secondary N) is 1. The monoisotopic (exact) mass is 424 g/mol. The van der Waals surface area contributed by atoms with Crippen molar-refractivity contribution in [1.82, 2.24) is 10.2 Å². The number of carbonyl (C=O) groups excluding carboxylic acids is 2.